The molecule has 0 bridgehead atoms. The average molecular weight is 402 g/mol. The number of carbonyl (C=O) groups excluding carboxylic acids is 1. The van der Waals surface area contributed by atoms with Gasteiger partial charge in [-0.1, -0.05) is 12.1 Å². The zero-order chi connectivity index (χ0) is 20.7. The van der Waals surface area contributed by atoms with Gasteiger partial charge in [-0.3, -0.25) is 30.3 Å². The number of hydrogen-bond donors (Lipinski definition) is 2. The van der Waals surface area contributed by atoms with Crippen molar-refractivity contribution >= 4 is 46.4 Å². The minimum absolute atomic E-state index is 0.0548. The van der Waals surface area contributed by atoms with Gasteiger partial charge in [0.25, 0.3) is 11.4 Å². The van der Waals surface area contributed by atoms with E-state index in [4.69, 9.17) is 17.0 Å². The van der Waals surface area contributed by atoms with Crippen LogP contribution in [0.2, 0.25) is 0 Å². The first-order valence-electron chi connectivity index (χ1n) is 7.67. The van der Waals surface area contributed by atoms with Gasteiger partial charge in [0, 0.05) is 24.3 Å². The Morgan fingerprint density at radius 2 is 1.79 bits per heavy atom. The maximum atomic E-state index is 12.0. The van der Waals surface area contributed by atoms with Crippen LogP contribution < -0.4 is 15.4 Å². The molecule has 2 N–H and O–H groups in total. The smallest absolute Gasteiger partial charge is 0.273 e. The van der Waals surface area contributed by atoms with Crippen LogP contribution in [0.1, 0.15) is 5.56 Å². The van der Waals surface area contributed by atoms with Crippen molar-refractivity contribution in [2.45, 2.75) is 0 Å². The molecular formula is C17H14N4O6S. The second-order valence-corrected chi connectivity index (χ2v) is 5.68. The maximum Gasteiger partial charge on any atom is 0.273 e. The SMILES string of the molecule is COc1cc([N+](=O)[O-])ccc1NC(=S)NC(=O)/C=C/c1cccc([N+](=O)[O-])c1. The number of rotatable bonds is 6. The van der Waals surface area contributed by atoms with Gasteiger partial charge in [-0.25, -0.2) is 0 Å². The summed E-state index contributed by atoms with van der Waals surface area (Å²) in [5, 5.41) is 26.6. The fourth-order valence-electron chi connectivity index (χ4n) is 2.12. The van der Waals surface area contributed by atoms with Gasteiger partial charge in [0.05, 0.1) is 28.7 Å². The molecule has 0 aliphatic rings. The van der Waals surface area contributed by atoms with Gasteiger partial charge in [-0.15, -0.1) is 0 Å². The number of carbonyl (C=O) groups is 1. The monoisotopic (exact) mass is 402 g/mol. The molecule has 11 heteroatoms. The Hall–Kier alpha value is -3.86. The summed E-state index contributed by atoms with van der Waals surface area (Å²) in [5.41, 5.74) is 0.559. The molecule has 2 aromatic rings. The number of non-ortho nitro benzene ring substituents is 2. The standard InChI is InChI=1S/C17H14N4O6S/c1-27-15-10-13(21(25)26)6-7-14(15)18-17(28)19-16(22)8-5-11-3-2-4-12(9-11)20(23)24/h2-10H,1H3,(H2,18,19,22,28)/b8-5+. The van der Waals surface area contributed by atoms with Crippen LogP contribution in [0.5, 0.6) is 5.75 Å². The molecule has 0 aromatic heterocycles. The van der Waals surface area contributed by atoms with E-state index in [0.29, 0.717) is 11.3 Å². The quantitative estimate of drug-likeness (QED) is 0.326. The van der Waals surface area contributed by atoms with E-state index in [-0.39, 0.29) is 22.2 Å². The van der Waals surface area contributed by atoms with E-state index in [0.717, 1.165) is 0 Å². The zero-order valence-electron chi connectivity index (χ0n) is 14.4. The summed E-state index contributed by atoms with van der Waals surface area (Å²) in [6, 6.07) is 9.65. The average Bonchev–Trinajstić information content (AvgIpc) is 2.66. The van der Waals surface area contributed by atoms with Crippen LogP contribution in [-0.4, -0.2) is 28.0 Å². The summed E-state index contributed by atoms with van der Waals surface area (Å²) in [6.07, 6.45) is 2.57. The molecule has 0 atom stereocenters. The lowest BCUT2D eigenvalue weighted by Gasteiger charge is -2.11. The second-order valence-electron chi connectivity index (χ2n) is 5.27. The molecule has 0 radical (unpaired) electrons. The van der Waals surface area contributed by atoms with E-state index in [9.17, 15) is 25.0 Å². The highest BCUT2D eigenvalue weighted by atomic mass is 32.1. The third-order valence-corrected chi connectivity index (χ3v) is 3.59. The van der Waals surface area contributed by atoms with E-state index >= 15 is 0 Å². The summed E-state index contributed by atoms with van der Waals surface area (Å²) in [7, 11) is 1.34. The van der Waals surface area contributed by atoms with Crippen LogP contribution in [0, 0.1) is 20.2 Å². The van der Waals surface area contributed by atoms with Gasteiger partial charge >= 0.3 is 0 Å². The summed E-state index contributed by atoms with van der Waals surface area (Å²) < 4.78 is 5.07. The van der Waals surface area contributed by atoms with Gasteiger partial charge in [0.2, 0.25) is 5.91 Å². The van der Waals surface area contributed by atoms with Crippen LogP contribution >= 0.6 is 12.2 Å². The molecule has 2 rings (SSSR count). The lowest BCUT2D eigenvalue weighted by molar-refractivity contribution is -0.385. The number of benzene rings is 2. The third-order valence-electron chi connectivity index (χ3n) is 3.39. The first-order chi connectivity index (χ1) is 13.3. The van der Waals surface area contributed by atoms with E-state index in [2.05, 4.69) is 10.6 Å². The van der Waals surface area contributed by atoms with E-state index in [1.54, 1.807) is 6.07 Å². The fourth-order valence-corrected chi connectivity index (χ4v) is 2.33. The van der Waals surface area contributed by atoms with Crippen molar-refractivity contribution < 1.29 is 19.4 Å². The summed E-state index contributed by atoms with van der Waals surface area (Å²) in [6.45, 7) is 0. The normalized spacial score (nSPS) is 10.3. The number of nitro groups is 2. The molecule has 10 nitrogen and oxygen atoms in total. The number of hydrogen-bond acceptors (Lipinski definition) is 7. The highest BCUT2D eigenvalue weighted by Gasteiger charge is 2.13. The number of nitrogens with one attached hydrogen (secondary N) is 2. The topological polar surface area (TPSA) is 137 Å². The lowest BCUT2D eigenvalue weighted by Crippen LogP contribution is -2.32. The molecule has 0 aliphatic carbocycles. The lowest BCUT2D eigenvalue weighted by atomic mass is 10.2. The highest BCUT2D eigenvalue weighted by molar-refractivity contribution is 7.80. The molecule has 0 spiro atoms. The molecule has 144 valence electrons. The predicted molar refractivity (Wildman–Crippen MR) is 106 cm³/mol. The second kappa shape index (κ2) is 9.19. The Morgan fingerprint density at radius 3 is 2.43 bits per heavy atom. The Morgan fingerprint density at radius 1 is 1.11 bits per heavy atom. The molecule has 0 fully saturated rings. The number of thiocarbonyl (C=S) groups is 1. The number of anilines is 1. The molecule has 0 unspecified atom stereocenters. The number of amides is 1. The number of methoxy groups -OCH3 is 1. The molecule has 1 amide bonds. The predicted octanol–water partition coefficient (Wildman–Crippen LogP) is 3.04. The summed E-state index contributed by atoms with van der Waals surface area (Å²) >= 11 is 5.03. The van der Waals surface area contributed by atoms with Crippen molar-refractivity contribution in [3.63, 3.8) is 0 Å². The molecule has 0 saturated heterocycles. The number of ether oxygens (including phenoxy) is 1. The van der Waals surface area contributed by atoms with Gasteiger partial charge in [-0.2, -0.15) is 0 Å². The van der Waals surface area contributed by atoms with E-state index in [1.807, 2.05) is 0 Å². The van der Waals surface area contributed by atoms with Gasteiger partial charge < -0.3 is 10.1 Å². The molecule has 0 heterocycles. The first kappa shape index (κ1) is 20.5. The molecule has 0 aliphatic heterocycles. The van der Waals surface area contributed by atoms with Crippen LogP contribution in [0.3, 0.4) is 0 Å². The highest BCUT2D eigenvalue weighted by Crippen LogP contribution is 2.28. The number of nitrogens with zero attached hydrogens (tertiary/aromatic N) is 2. The van der Waals surface area contributed by atoms with Crippen molar-refractivity contribution in [1.82, 2.24) is 5.32 Å². The van der Waals surface area contributed by atoms with Crippen molar-refractivity contribution in [2.24, 2.45) is 0 Å². The Kier molecular flexibility index (Phi) is 6.71. The molecule has 0 saturated carbocycles. The maximum absolute atomic E-state index is 12.0. The Balaban J connectivity index is 2.01. The minimum atomic E-state index is -0.565. The first-order valence-corrected chi connectivity index (χ1v) is 8.08. The third kappa shape index (κ3) is 5.57. The summed E-state index contributed by atoms with van der Waals surface area (Å²) in [4.78, 5) is 32.4. The molecule has 28 heavy (non-hydrogen) atoms. The van der Waals surface area contributed by atoms with Crippen LogP contribution in [0.25, 0.3) is 6.08 Å². The Bertz CT molecular complexity index is 976. The van der Waals surface area contributed by atoms with Gasteiger partial charge in [0.15, 0.2) is 5.11 Å². The minimum Gasteiger partial charge on any atom is -0.494 e. The van der Waals surface area contributed by atoms with Crippen molar-refractivity contribution in [3.8, 4) is 5.75 Å². The largest absolute Gasteiger partial charge is 0.494 e. The van der Waals surface area contributed by atoms with Crippen LogP contribution in [-0.2, 0) is 4.79 Å². The fraction of sp³-hybridized carbons (Fsp3) is 0.0588. The number of nitro benzene ring substituents is 2. The molecular weight excluding hydrogens is 388 g/mol. The van der Waals surface area contributed by atoms with Crippen molar-refractivity contribution in [1.29, 1.82) is 0 Å². The zero-order valence-corrected chi connectivity index (χ0v) is 15.3. The Labute approximate surface area is 164 Å². The van der Waals surface area contributed by atoms with Crippen LogP contribution in [0.15, 0.2) is 48.5 Å². The molecule has 2 aromatic carbocycles. The van der Waals surface area contributed by atoms with E-state index in [1.165, 1.54) is 55.7 Å². The van der Waals surface area contributed by atoms with Gasteiger partial charge in [-0.05, 0) is 29.9 Å². The van der Waals surface area contributed by atoms with Crippen LogP contribution in [0.4, 0.5) is 17.1 Å². The summed E-state index contributed by atoms with van der Waals surface area (Å²) in [5.74, 6) is -0.386. The van der Waals surface area contributed by atoms with Crippen molar-refractivity contribution in [2.75, 3.05) is 12.4 Å². The van der Waals surface area contributed by atoms with E-state index < -0.39 is 15.8 Å². The van der Waals surface area contributed by atoms with Crippen molar-refractivity contribution in [3.05, 3.63) is 74.3 Å². The van der Waals surface area contributed by atoms with Gasteiger partial charge in [0.1, 0.15) is 5.75 Å².